The standard InChI is InChI=1S/2C5H9NO.2C4H6N4/c2*1-6-4-2-3-5(6)7;2*5-3-1-2-7-4(6)8-3/h2*2-4H2,1H3;2*1-2H,(H4,5,6,7,8). The highest BCUT2D eigenvalue weighted by Gasteiger charge is 2.14. The maximum Gasteiger partial charge on any atom is 0.222 e. The molecule has 8 N–H and O–H groups in total. The van der Waals surface area contributed by atoms with Gasteiger partial charge in [-0.05, 0) is 25.0 Å². The minimum Gasteiger partial charge on any atom is -0.384 e. The van der Waals surface area contributed by atoms with Gasteiger partial charge in [-0.1, -0.05) is 0 Å². The summed E-state index contributed by atoms with van der Waals surface area (Å²) in [6, 6.07) is 3.16. The average Bonchev–Trinajstić information content (AvgIpc) is 3.23. The topological polar surface area (TPSA) is 196 Å². The number of likely N-dealkylation sites (tertiary alicyclic amines) is 2. The van der Waals surface area contributed by atoms with Gasteiger partial charge in [-0.15, -0.1) is 0 Å². The second kappa shape index (κ2) is 12.7. The van der Waals surface area contributed by atoms with Crippen LogP contribution in [0.4, 0.5) is 23.5 Å². The van der Waals surface area contributed by atoms with Crippen molar-refractivity contribution in [2.45, 2.75) is 25.7 Å². The second-order valence-electron chi connectivity index (χ2n) is 6.52. The molecule has 0 spiro atoms. The third-order valence-corrected chi connectivity index (χ3v) is 4.01. The van der Waals surface area contributed by atoms with Gasteiger partial charge in [0, 0.05) is 52.4 Å². The predicted molar refractivity (Wildman–Crippen MR) is 115 cm³/mol. The number of rotatable bonds is 0. The molecule has 0 unspecified atom stereocenters. The molecule has 0 bridgehead atoms. The van der Waals surface area contributed by atoms with Crippen molar-refractivity contribution >= 4 is 35.3 Å². The van der Waals surface area contributed by atoms with Crippen LogP contribution in [-0.2, 0) is 9.59 Å². The van der Waals surface area contributed by atoms with Crippen LogP contribution in [0.3, 0.4) is 0 Å². The van der Waals surface area contributed by atoms with Crippen molar-refractivity contribution in [1.82, 2.24) is 29.7 Å². The quantitative estimate of drug-likeness (QED) is 0.443. The van der Waals surface area contributed by atoms with Crippen LogP contribution in [0.15, 0.2) is 24.5 Å². The number of nitrogens with zero attached hydrogens (tertiary/aromatic N) is 6. The van der Waals surface area contributed by atoms with Crippen LogP contribution < -0.4 is 22.9 Å². The van der Waals surface area contributed by atoms with Crippen molar-refractivity contribution in [2.24, 2.45) is 0 Å². The largest absolute Gasteiger partial charge is 0.384 e. The number of carbonyl (C=O) groups excluding carboxylic acids is 2. The van der Waals surface area contributed by atoms with Gasteiger partial charge in [-0.3, -0.25) is 9.59 Å². The van der Waals surface area contributed by atoms with Gasteiger partial charge < -0.3 is 32.7 Å². The summed E-state index contributed by atoms with van der Waals surface area (Å²) in [6.45, 7) is 1.91. The van der Waals surface area contributed by atoms with Gasteiger partial charge >= 0.3 is 0 Å². The molecule has 2 aromatic rings. The van der Waals surface area contributed by atoms with E-state index in [0.29, 0.717) is 23.5 Å². The molecule has 0 saturated carbocycles. The van der Waals surface area contributed by atoms with Gasteiger partial charge in [0.05, 0.1) is 0 Å². The lowest BCUT2D eigenvalue weighted by molar-refractivity contribution is -0.127. The number of nitrogens with two attached hydrogens (primary N) is 4. The second-order valence-corrected chi connectivity index (χ2v) is 6.52. The van der Waals surface area contributed by atoms with Gasteiger partial charge in [-0.25, -0.2) is 9.97 Å². The summed E-state index contributed by atoms with van der Waals surface area (Å²) in [7, 11) is 3.69. The van der Waals surface area contributed by atoms with Crippen LogP contribution in [0.1, 0.15) is 25.7 Å². The first-order valence-electron chi connectivity index (χ1n) is 9.35. The van der Waals surface area contributed by atoms with Crippen LogP contribution in [0.2, 0.25) is 0 Å². The zero-order chi connectivity index (χ0) is 22.5. The van der Waals surface area contributed by atoms with E-state index in [2.05, 4.69) is 19.9 Å². The van der Waals surface area contributed by atoms with Crippen molar-refractivity contribution in [3.63, 3.8) is 0 Å². The average molecular weight is 419 g/mol. The highest BCUT2D eigenvalue weighted by atomic mass is 16.2. The molecule has 0 aromatic carbocycles. The maximum absolute atomic E-state index is 10.5. The van der Waals surface area contributed by atoms with E-state index in [-0.39, 0.29) is 11.9 Å². The van der Waals surface area contributed by atoms with E-state index in [1.807, 2.05) is 14.1 Å². The third kappa shape index (κ3) is 10.0. The van der Waals surface area contributed by atoms with Crippen LogP contribution in [0, 0.1) is 0 Å². The van der Waals surface area contributed by atoms with Crippen molar-refractivity contribution in [2.75, 3.05) is 50.1 Å². The summed E-state index contributed by atoms with van der Waals surface area (Å²) < 4.78 is 0. The Morgan fingerprint density at radius 1 is 0.733 bits per heavy atom. The Balaban J connectivity index is 0.000000200. The van der Waals surface area contributed by atoms with Gasteiger partial charge in [0.15, 0.2) is 0 Å². The Kier molecular flexibility index (Phi) is 10.3. The van der Waals surface area contributed by atoms with Gasteiger partial charge in [0.2, 0.25) is 23.7 Å². The molecule has 4 rings (SSSR count). The summed E-state index contributed by atoms with van der Waals surface area (Å²) in [5.41, 5.74) is 20.8. The summed E-state index contributed by atoms with van der Waals surface area (Å²) in [6.07, 6.45) is 6.65. The molecule has 0 atom stereocenters. The lowest BCUT2D eigenvalue weighted by Gasteiger charge is -2.03. The number of amides is 2. The van der Waals surface area contributed by atoms with E-state index in [9.17, 15) is 9.59 Å². The van der Waals surface area contributed by atoms with Gasteiger partial charge in [0.25, 0.3) is 0 Å². The number of carbonyl (C=O) groups is 2. The van der Waals surface area contributed by atoms with E-state index in [1.165, 1.54) is 12.4 Å². The fraction of sp³-hybridized carbons (Fsp3) is 0.444. The zero-order valence-electron chi connectivity index (χ0n) is 17.4. The number of nitrogen functional groups attached to an aromatic ring is 4. The summed E-state index contributed by atoms with van der Waals surface area (Å²) in [5.74, 6) is 1.81. The lowest BCUT2D eigenvalue weighted by Crippen LogP contribution is -2.17. The number of hydrogen-bond donors (Lipinski definition) is 4. The molecule has 4 heterocycles. The van der Waals surface area contributed by atoms with E-state index < -0.39 is 0 Å². The molecule has 12 nitrogen and oxygen atoms in total. The summed E-state index contributed by atoms with van der Waals surface area (Å²) in [4.78, 5) is 39.0. The Hall–Kier alpha value is -3.70. The minimum absolute atomic E-state index is 0.213. The maximum atomic E-state index is 10.5. The first kappa shape index (κ1) is 24.3. The minimum atomic E-state index is 0.213. The molecule has 2 fully saturated rings. The molecule has 0 aliphatic carbocycles. The number of aromatic nitrogens is 4. The molecule has 164 valence electrons. The first-order chi connectivity index (χ1) is 14.2. The van der Waals surface area contributed by atoms with Crippen molar-refractivity contribution in [3.05, 3.63) is 24.5 Å². The lowest BCUT2D eigenvalue weighted by atomic mass is 10.4. The molecular weight excluding hydrogens is 388 g/mol. The molecule has 12 heteroatoms. The predicted octanol–water partition coefficient (Wildman–Crippen LogP) is -0.241. The Morgan fingerprint density at radius 3 is 1.23 bits per heavy atom. The normalized spacial score (nSPS) is 14.7. The highest BCUT2D eigenvalue weighted by Crippen LogP contribution is 2.05. The van der Waals surface area contributed by atoms with Crippen LogP contribution in [0.25, 0.3) is 0 Å². The molecule has 2 aromatic heterocycles. The zero-order valence-corrected chi connectivity index (χ0v) is 17.4. The number of hydrogen-bond acceptors (Lipinski definition) is 10. The van der Waals surface area contributed by atoms with Crippen LogP contribution in [-0.4, -0.2) is 68.7 Å². The fourth-order valence-corrected chi connectivity index (χ4v) is 2.34. The van der Waals surface area contributed by atoms with E-state index in [4.69, 9.17) is 22.9 Å². The molecule has 2 aliphatic rings. The van der Waals surface area contributed by atoms with E-state index in [0.717, 1.165) is 38.8 Å². The van der Waals surface area contributed by atoms with Gasteiger partial charge in [0.1, 0.15) is 11.6 Å². The molecule has 2 amide bonds. The van der Waals surface area contributed by atoms with E-state index >= 15 is 0 Å². The molecule has 2 saturated heterocycles. The molecule has 30 heavy (non-hydrogen) atoms. The molecule has 0 radical (unpaired) electrons. The fourth-order valence-electron chi connectivity index (χ4n) is 2.34. The van der Waals surface area contributed by atoms with Gasteiger partial charge in [-0.2, -0.15) is 9.97 Å². The third-order valence-electron chi connectivity index (χ3n) is 4.01. The van der Waals surface area contributed by atoms with Crippen LogP contribution in [0.5, 0.6) is 0 Å². The molecular formula is C18H30N10O2. The highest BCUT2D eigenvalue weighted by molar-refractivity contribution is 5.78. The SMILES string of the molecule is CN1CCCC1=O.CN1CCCC1=O.Nc1ccnc(N)n1.Nc1ccnc(N)n1. The smallest absolute Gasteiger partial charge is 0.222 e. The Labute approximate surface area is 175 Å². The Bertz CT molecular complexity index is 715. The first-order valence-corrected chi connectivity index (χ1v) is 9.35. The van der Waals surface area contributed by atoms with Crippen molar-refractivity contribution in [1.29, 1.82) is 0 Å². The summed E-state index contributed by atoms with van der Waals surface area (Å²) >= 11 is 0. The van der Waals surface area contributed by atoms with Crippen LogP contribution >= 0.6 is 0 Å². The molecule has 2 aliphatic heterocycles. The summed E-state index contributed by atoms with van der Waals surface area (Å²) in [5, 5.41) is 0. The van der Waals surface area contributed by atoms with E-state index in [1.54, 1.807) is 21.9 Å². The monoisotopic (exact) mass is 418 g/mol. The number of anilines is 4. The Morgan fingerprint density at radius 2 is 1.10 bits per heavy atom. The van der Waals surface area contributed by atoms with Crippen molar-refractivity contribution in [3.8, 4) is 0 Å². The van der Waals surface area contributed by atoms with Crippen molar-refractivity contribution < 1.29 is 9.59 Å².